The molecule has 0 fully saturated rings. The first-order valence-corrected chi connectivity index (χ1v) is 6.40. The number of hydrogen-bond acceptors (Lipinski definition) is 1. The van der Waals surface area contributed by atoms with Crippen molar-refractivity contribution in [1.82, 2.24) is 5.32 Å². The Bertz CT molecular complexity index is 569. The van der Waals surface area contributed by atoms with Crippen molar-refractivity contribution in [3.05, 3.63) is 71.0 Å². The van der Waals surface area contributed by atoms with Crippen molar-refractivity contribution >= 4 is 17.5 Å². The summed E-state index contributed by atoms with van der Waals surface area (Å²) in [5.74, 6) is -0.137. The van der Waals surface area contributed by atoms with E-state index < -0.39 is 0 Å². The first kappa shape index (κ1) is 13.6. The smallest absolute Gasteiger partial charge is 0.251 e. The van der Waals surface area contributed by atoms with Gasteiger partial charge in [0.1, 0.15) is 5.82 Å². The Labute approximate surface area is 116 Å². The number of nitrogens with one attached hydrogen (secondary N) is 1. The van der Waals surface area contributed by atoms with Crippen LogP contribution in [0.4, 0.5) is 4.39 Å². The molecule has 0 saturated carbocycles. The Morgan fingerprint density at radius 1 is 1.11 bits per heavy atom. The number of hydrogen-bond donors (Lipinski definition) is 1. The van der Waals surface area contributed by atoms with Gasteiger partial charge < -0.3 is 5.32 Å². The molecule has 19 heavy (non-hydrogen) atoms. The summed E-state index contributed by atoms with van der Waals surface area (Å²) in [5.41, 5.74) is 2.43. The summed E-state index contributed by atoms with van der Waals surface area (Å²) in [6.07, 6.45) is 0. The summed E-state index contributed by atoms with van der Waals surface area (Å²) in [6, 6.07) is 13.1. The summed E-state index contributed by atoms with van der Waals surface area (Å²) in [7, 11) is 0. The molecule has 0 spiro atoms. The van der Waals surface area contributed by atoms with E-state index in [1.165, 1.54) is 24.3 Å². The molecule has 0 heterocycles. The lowest BCUT2D eigenvalue weighted by Crippen LogP contribution is -2.22. The van der Waals surface area contributed by atoms with Crippen LogP contribution in [0.25, 0.3) is 0 Å². The fourth-order valence-corrected chi connectivity index (χ4v) is 1.87. The molecule has 1 amide bonds. The van der Waals surface area contributed by atoms with Gasteiger partial charge in [0, 0.05) is 18.0 Å². The number of carbonyl (C=O) groups excluding carboxylic acids is 1. The molecule has 0 bridgehead atoms. The maximum atomic E-state index is 12.7. The third kappa shape index (κ3) is 3.80. The lowest BCUT2D eigenvalue weighted by molar-refractivity contribution is 0.0951. The van der Waals surface area contributed by atoms with Crippen LogP contribution in [0.15, 0.2) is 48.5 Å². The van der Waals surface area contributed by atoms with E-state index in [0.29, 0.717) is 18.0 Å². The molecule has 0 aliphatic heterocycles. The Kier molecular flexibility index (Phi) is 4.53. The number of alkyl halides is 1. The van der Waals surface area contributed by atoms with E-state index in [1.807, 2.05) is 24.3 Å². The van der Waals surface area contributed by atoms with Crippen LogP contribution >= 0.6 is 11.6 Å². The monoisotopic (exact) mass is 277 g/mol. The van der Waals surface area contributed by atoms with Crippen LogP contribution in [0, 0.1) is 5.82 Å². The third-order valence-corrected chi connectivity index (χ3v) is 3.01. The van der Waals surface area contributed by atoms with Crippen LogP contribution in [0.3, 0.4) is 0 Å². The molecule has 4 heteroatoms. The van der Waals surface area contributed by atoms with Gasteiger partial charge in [-0.3, -0.25) is 4.79 Å². The fraction of sp³-hybridized carbons (Fsp3) is 0.133. The first-order chi connectivity index (χ1) is 9.19. The maximum absolute atomic E-state index is 12.7. The predicted octanol–water partition coefficient (Wildman–Crippen LogP) is 3.49. The first-order valence-electron chi connectivity index (χ1n) is 5.86. The molecule has 0 aliphatic carbocycles. The predicted molar refractivity (Wildman–Crippen MR) is 73.6 cm³/mol. The molecule has 2 nitrogen and oxygen atoms in total. The Balaban J connectivity index is 1.98. The van der Waals surface area contributed by atoms with Gasteiger partial charge in [-0.2, -0.15) is 0 Å². The maximum Gasteiger partial charge on any atom is 0.251 e. The number of benzene rings is 2. The van der Waals surface area contributed by atoms with Gasteiger partial charge in [0.15, 0.2) is 0 Å². The molecule has 0 aromatic heterocycles. The summed E-state index contributed by atoms with van der Waals surface area (Å²) < 4.78 is 12.7. The number of rotatable bonds is 4. The quantitative estimate of drug-likeness (QED) is 0.852. The van der Waals surface area contributed by atoms with Crippen LogP contribution in [0.5, 0.6) is 0 Å². The van der Waals surface area contributed by atoms with Crippen molar-refractivity contribution in [3.8, 4) is 0 Å². The highest BCUT2D eigenvalue weighted by atomic mass is 35.5. The summed E-state index contributed by atoms with van der Waals surface area (Å²) in [5, 5.41) is 2.78. The minimum atomic E-state index is -0.355. The van der Waals surface area contributed by atoms with E-state index in [2.05, 4.69) is 5.32 Å². The Morgan fingerprint density at radius 3 is 2.47 bits per heavy atom. The minimum absolute atomic E-state index is 0.226. The highest BCUT2D eigenvalue weighted by Gasteiger charge is 2.05. The standard InChI is InChI=1S/C15H13ClFNO/c16-9-11-2-1-3-12(8-11)10-18-15(19)13-4-6-14(17)7-5-13/h1-8H,9-10H2,(H,18,19). The zero-order valence-corrected chi connectivity index (χ0v) is 11.0. The molecule has 0 radical (unpaired) electrons. The van der Waals surface area contributed by atoms with Crippen molar-refractivity contribution in [1.29, 1.82) is 0 Å². The summed E-state index contributed by atoms with van der Waals surface area (Å²) in [4.78, 5) is 11.8. The highest BCUT2D eigenvalue weighted by molar-refractivity contribution is 6.17. The molecule has 2 aromatic carbocycles. The lowest BCUT2D eigenvalue weighted by Gasteiger charge is -2.06. The van der Waals surface area contributed by atoms with Crippen molar-refractivity contribution in [2.45, 2.75) is 12.4 Å². The van der Waals surface area contributed by atoms with Gasteiger partial charge in [-0.25, -0.2) is 4.39 Å². The van der Waals surface area contributed by atoms with E-state index in [4.69, 9.17) is 11.6 Å². The molecule has 0 aliphatic rings. The van der Waals surface area contributed by atoms with E-state index in [-0.39, 0.29) is 11.7 Å². The molecule has 1 N–H and O–H groups in total. The van der Waals surface area contributed by atoms with Crippen LogP contribution in [0.2, 0.25) is 0 Å². The summed E-state index contributed by atoms with van der Waals surface area (Å²) in [6.45, 7) is 0.418. The second-order valence-electron chi connectivity index (χ2n) is 4.14. The molecule has 2 aromatic rings. The zero-order chi connectivity index (χ0) is 13.7. The Morgan fingerprint density at radius 2 is 1.79 bits per heavy atom. The second-order valence-corrected chi connectivity index (χ2v) is 4.41. The molecule has 0 atom stereocenters. The van der Waals surface area contributed by atoms with Crippen molar-refractivity contribution in [3.63, 3.8) is 0 Å². The van der Waals surface area contributed by atoms with Crippen LogP contribution < -0.4 is 5.32 Å². The lowest BCUT2D eigenvalue weighted by atomic mass is 10.1. The average molecular weight is 278 g/mol. The Hall–Kier alpha value is -1.87. The van der Waals surface area contributed by atoms with E-state index >= 15 is 0 Å². The van der Waals surface area contributed by atoms with Gasteiger partial charge in [-0.15, -0.1) is 11.6 Å². The zero-order valence-electron chi connectivity index (χ0n) is 10.2. The molecule has 0 saturated heterocycles. The number of carbonyl (C=O) groups is 1. The van der Waals surface area contributed by atoms with Crippen molar-refractivity contribution < 1.29 is 9.18 Å². The van der Waals surface area contributed by atoms with Gasteiger partial charge in [0.2, 0.25) is 0 Å². The number of halogens is 2. The highest BCUT2D eigenvalue weighted by Crippen LogP contribution is 2.08. The van der Waals surface area contributed by atoms with Gasteiger partial charge in [0.05, 0.1) is 0 Å². The molecular formula is C15H13ClFNO. The molecule has 0 unspecified atom stereocenters. The topological polar surface area (TPSA) is 29.1 Å². The fourth-order valence-electron chi connectivity index (χ4n) is 1.71. The van der Waals surface area contributed by atoms with E-state index in [9.17, 15) is 9.18 Å². The van der Waals surface area contributed by atoms with Gasteiger partial charge >= 0.3 is 0 Å². The summed E-state index contributed by atoms with van der Waals surface area (Å²) >= 11 is 5.75. The second kappa shape index (κ2) is 6.34. The van der Waals surface area contributed by atoms with Gasteiger partial charge in [-0.05, 0) is 35.4 Å². The van der Waals surface area contributed by atoms with Crippen LogP contribution in [-0.2, 0) is 12.4 Å². The minimum Gasteiger partial charge on any atom is -0.348 e. The van der Waals surface area contributed by atoms with Gasteiger partial charge in [0.25, 0.3) is 5.91 Å². The van der Waals surface area contributed by atoms with Crippen LogP contribution in [-0.4, -0.2) is 5.91 Å². The van der Waals surface area contributed by atoms with Crippen LogP contribution in [0.1, 0.15) is 21.5 Å². The van der Waals surface area contributed by atoms with Gasteiger partial charge in [-0.1, -0.05) is 24.3 Å². The SMILES string of the molecule is O=C(NCc1cccc(CCl)c1)c1ccc(F)cc1. The molecule has 2 rings (SSSR count). The van der Waals surface area contributed by atoms with E-state index in [1.54, 1.807) is 0 Å². The largest absolute Gasteiger partial charge is 0.348 e. The normalized spacial score (nSPS) is 10.2. The van der Waals surface area contributed by atoms with E-state index in [0.717, 1.165) is 11.1 Å². The molecule has 98 valence electrons. The van der Waals surface area contributed by atoms with Crippen molar-refractivity contribution in [2.24, 2.45) is 0 Å². The average Bonchev–Trinajstić information content (AvgIpc) is 2.46. The molecular weight excluding hydrogens is 265 g/mol. The third-order valence-electron chi connectivity index (χ3n) is 2.71. The van der Waals surface area contributed by atoms with Crippen molar-refractivity contribution in [2.75, 3.05) is 0 Å². The number of amides is 1.